The molecule has 1 spiro atoms. The van der Waals surface area contributed by atoms with Crippen molar-refractivity contribution < 1.29 is 14.3 Å². The number of para-hydroxylation sites is 2. The maximum atomic E-state index is 13.8. The summed E-state index contributed by atoms with van der Waals surface area (Å²) in [5.41, 5.74) is 1.70. The number of benzene rings is 2. The van der Waals surface area contributed by atoms with Crippen LogP contribution in [0, 0.1) is 0 Å². The molecule has 2 aromatic carbocycles. The van der Waals surface area contributed by atoms with Gasteiger partial charge in [0.2, 0.25) is 0 Å². The SMILES string of the molecule is CCN1C(=O)[C@]2(OCc3ccccc3N2C(=O)NC2CCCCC2)c2ccccc21. The van der Waals surface area contributed by atoms with Crippen molar-refractivity contribution in [3.8, 4) is 0 Å². The van der Waals surface area contributed by atoms with Crippen molar-refractivity contribution in [3.63, 3.8) is 0 Å². The van der Waals surface area contributed by atoms with Crippen LogP contribution in [0.3, 0.4) is 0 Å². The fraction of sp³-hybridized carbons (Fsp3) is 0.417. The zero-order chi connectivity index (χ0) is 20.7. The lowest BCUT2D eigenvalue weighted by atomic mass is 9.95. The molecule has 3 aliphatic rings. The molecule has 0 saturated heterocycles. The molecule has 0 aromatic heterocycles. The van der Waals surface area contributed by atoms with Gasteiger partial charge in [0.05, 0.1) is 18.0 Å². The quantitative estimate of drug-likeness (QED) is 0.811. The molecular formula is C24H27N3O3. The third-order valence-electron chi connectivity index (χ3n) is 6.53. The first kappa shape index (κ1) is 19.1. The number of nitrogens with zero attached hydrogens (tertiary/aromatic N) is 2. The van der Waals surface area contributed by atoms with E-state index in [1.165, 1.54) is 6.42 Å². The molecule has 0 bridgehead atoms. The molecule has 2 heterocycles. The Hall–Kier alpha value is -2.86. The van der Waals surface area contributed by atoms with E-state index in [0.717, 1.165) is 48.2 Å². The molecule has 0 radical (unpaired) electrons. The molecule has 30 heavy (non-hydrogen) atoms. The highest BCUT2D eigenvalue weighted by Crippen LogP contribution is 2.50. The third kappa shape index (κ3) is 2.74. The van der Waals surface area contributed by atoms with Gasteiger partial charge in [0.15, 0.2) is 0 Å². The van der Waals surface area contributed by atoms with Gasteiger partial charge in [0.25, 0.3) is 11.6 Å². The molecular weight excluding hydrogens is 378 g/mol. The summed E-state index contributed by atoms with van der Waals surface area (Å²) in [6, 6.07) is 15.2. The maximum absolute atomic E-state index is 13.8. The van der Waals surface area contributed by atoms with Crippen LogP contribution in [0.15, 0.2) is 48.5 Å². The van der Waals surface area contributed by atoms with Gasteiger partial charge in [-0.3, -0.25) is 9.69 Å². The highest BCUT2D eigenvalue weighted by atomic mass is 16.5. The van der Waals surface area contributed by atoms with Crippen LogP contribution in [0.5, 0.6) is 0 Å². The Morgan fingerprint density at radius 3 is 2.53 bits per heavy atom. The zero-order valence-corrected chi connectivity index (χ0v) is 17.3. The van der Waals surface area contributed by atoms with Crippen molar-refractivity contribution in [3.05, 3.63) is 59.7 Å². The average Bonchev–Trinajstić information content (AvgIpc) is 3.02. The van der Waals surface area contributed by atoms with Gasteiger partial charge in [0, 0.05) is 23.7 Å². The molecule has 156 valence electrons. The Bertz CT molecular complexity index is 985. The number of rotatable bonds is 2. The summed E-state index contributed by atoms with van der Waals surface area (Å²) in [6.45, 7) is 2.73. The van der Waals surface area contributed by atoms with Gasteiger partial charge < -0.3 is 15.0 Å². The molecule has 1 fully saturated rings. The Morgan fingerprint density at radius 2 is 1.77 bits per heavy atom. The number of carbonyl (C=O) groups excluding carboxylic acids is 2. The summed E-state index contributed by atoms with van der Waals surface area (Å²) in [7, 11) is 0. The molecule has 1 atom stereocenters. The number of amides is 3. The third-order valence-corrected chi connectivity index (χ3v) is 6.53. The molecule has 3 amide bonds. The topological polar surface area (TPSA) is 61.9 Å². The molecule has 6 heteroatoms. The van der Waals surface area contributed by atoms with Gasteiger partial charge in [-0.2, -0.15) is 0 Å². The number of ether oxygens (including phenoxy) is 1. The number of carbonyl (C=O) groups is 2. The number of hydrogen-bond acceptors (Lipinski definition) is 3. The fourth-order valence-electron chi connectivity index (χ4n) is 5.08. The summed E-state index contributed by atoms with van der Waals surface area (Å²) in [5.74, 6) is -0.209. The standard InChI is InChI=1S/C24H27N3O3/c1-2-26-21-15-9-7-13-19(21)24(22(26)28)27(20-14-8-6-10-17(20)16-30-24)23(29)25-18-11-4-3-5-12-18/h6-10,13-15,18H,2-5,11-12,16H2,1H3,(H,25,29)/t24-/m1/s1. The van der Waals surface area contributed by atoms with Crippen molar-refractivity contribution in [2.24, 2.45) is 0 Å². The smallest absolute Gasteiger partial charge is 0.325 e. The van der Waals surface area contributed by atoms with E-state index < -0.39 is 5.72 Å². The second-order valence-electron chi connectivity index (χ2n) is 8.25. The van der Waals surface area contributed by atoms with Crippen molar-refractivity contribution >= 4 is 23.3 Å². The lowest BCUT2D eigenvalue weighted by molar-refractivity contribution is -0.146. The maximum Gasteiger partial charge on any atom is 0.325 e. The van der Waals surface area contributed by atoms with Crippen LogP contribution in [0.25, 0.3) is 0 Å². The highest BCUT2D eigenvalue weighted by Gasteiger charge is 2.60. The van der Waals surface area contributed by atoms with Crippen molar-refractivity contribution in [2.75, 3.05) is 16.3 Å². The monoisotopic (exact) mass is 405 g/mol. The van der Waals surface area contributed by atoms with Gasteiger partial charge in [-0.15, -0.1) is 0 Å². The van der Waals surface area contributed by atoms with Gasteiger partial charge in [-0.05, 0) is 31.9 Å². The molecule has 2 aromatic rings. The molecule has 1 saturated carbocycles. The molecule has 2 aliphatic heterocycles. The number of nitrogens with one attached hydrogen (secondary N) is 1. The van der Waals surface area contributed by atoms with Gasteiger partial charge in [-0.1, -0.05) is 55.7 Å². The Labute approximate surface area is 176 Å². The van der Waals surface area contributed by atoms with Crippen LogP contribution < -0.4 is 15.1 Å². The second-order valence-corrected chi connectivity index (χ2v) is 8.25. The van der Waals surface area contributed by atoms with E-state index >= 15 is 0 Å². The molecule has 1 aliphatic carbocycles. The molecule has 1 N–H and O–H groups in total. The lowest BCUT2D eigenvalue weighted by Crippen LogP contribution is -2.62. The van der Waals surface area contributed by atoms with Crippen molar-refractivity contribution in [2.45, 2.75) is 57.4 Å². The van der Waals surface area contributed by atoms with Crippen LogP contribution in [0.2, 0.25) is 0 Å². The number of fused-ring (bicyclic) bond motifs is 3. The Balaban J connectivity index is 1.64. The summed E-state index contributed by atoms with van der Waals surface area (Å²) >= 11 is 0. The van der Waals surface area contributed by atoms with Crippen LogP contribution in [-0.4, -0.2) is 24.5 Å². The van der Waals surface area contributed by atoms with E-state index in [-0.39, 0.29) is 24.6 Å². The summed E-state index contributed by atoms with van der Waals surface area (Å²) in [4.78, 5) is 30.8. The van der Waals surface area contributed by atoms with E-state index in [0.29, 0.717) is 6.54 Å². The van der Waals surface area contributed by atoms with E-state index in [2.05, 4.69) is 5.32 Å². The van der Waals surface area contributed by atoms with E-state index in [1.807, 2.05) is 55.5 Å². The molecule has 5 rings (SSSR count). The number of hydrogen-bond donors (Lipinski definition) is 1. The van der Waals surface area contributed by atoms with Crippen LogP contribution in [0.1, 0.15) is 50.2 Å². The lowest BCUT2D eigenvalue weighted by Gasteiger charge is -2.44. The number of likely N-dealkylation sites (N-methyl/N-ethyl adjacent to an activating group) is 1. The summed E-state index contributed by atoms with van der Waals surface area (Å²) in [6.07, 6.45) is 5.40. The predicted molar refractivity (Wildman–Crippen MR) is 115 cm³/mol. The minimum absolute atomic E-state index is 0.131. The molecule has 0 unspecified atom stereocenters. The van der Waals surface area contributed by atoms with Crippen LogP contribution in [0.4, 0.5) is 16.2 Å². The highest BCUT2D eigenvalue weighted by molar-refractivity contribution is 6.13. The first-order valence-corrected chi connectivity index (χ1v) is 10.9. The normalized spacial score (nSPS) is 23.4. The Morgan fingerprint density at radius 1 is 1.07 bits per heavy atom. The van der Waals surface area contributed by atoms with E-state index in [4.69, 9.17) is 4.74 Å². The van der Waals surface area contributed by atoms with Crippen molar-refractivity contribution in [1.29, 1.82) is 0 Å². The van der Waals surface area contributed by atoms with Crippen LogP contribution >= 0.6 is 0 Å². The van der Waals surface area contributed by atoms with E-state index in [1.54, 1.807) is 9.80 Å². The van der Waals surface area contributed by atoms with Gasteiger partial charge in [0.1, 0.15) is 0 Å². The predicted octanol–water partition coefficient (Wildman–Crippen LogP) is 4.29. The molecule has 6 nitrogen and oxygen atoms in total. The average molecular weight is 405 g/mol. The largest absolute Gasteiger partial charge is 0.338 e. The van der Waals surface area contributed by atoms with Crippen molar-refractivity contribution in [1.82, 2.24) is 5.32 Å². The number of urea groups is 1. The minimum atomic E-state index is -1.47. The zero-order valence-electron chi connectivity index (χ0n) is 17.3. The fourth-order valence-corrected chi connectivity index (χ4v) is 5.08. The summed E-state index contributed by atoms with van der Waals surface area (Å²) < 4.78 is 6.32. The Kier molecular flexibility index (Phi) is 4.74. The van der Waals surface area contributed by atoms with Gasteiger partial charge in [-0.25, -0.2) is 4.79 Å². The number of anilines is 2. The summed E-state index contributed by atoms with van der Waals surface area (Å²) in [5, 5.41) is 3.20. The first-order valence-electron chi connectivity index (χ1n) is 10.9. The van der Waals surface area contributed by atoms with Crippen LogP contribution in [-0.2, 0) is 21.9 Å². The van der Waals surface area contributed by atoms with Gasteiger partial charge >= 0.3 is 6.03 Å². The van der Waals surface area contributed by atoms with E-state index in [9.17, 15) is 9.59 Å². The second kappa shape index (κ2) is 7.43. The first-order chi connectivity index (χ1) is 14.7. The minimum Gasteiger partial charge on any atom is -0.338 e.